The van der Waals surface area contributed by atoms with Crippen LogP contribution < -0.4 is 5.73 Å². The summed E-state index contributed by atoms with van der Waals surface area (Å²) in [6.45, 7) is 11.3. The summed E-state index contributed by atoms with van der Waals surface area (Å²) in [6, 6.07) is 2.50. The van der Waals surface area contributed by atoms with E-state index in [-0.39, 0.29) is 17.8 Å². The van der Waals surface area contributed by atoms with Gasteiger partial charge in [-0.25, -0.2) is 0 Å². The molecule has 0 aliphatic heterocycles. The monoisotopic (exact) mass is 274 g/mol. The minimum Gasteiger partial charge on any atom is -0.330 e. The maximum absolute atomic E-state index is 5.76. The molecular formula is C13H27ClN4. The van der Waals surface area contributed by atoms with Crippen LogP contribution in [0.2, 0.25) is 0 Å². The fourth-order valence-corrected chi connectivity index (χ4v) is 2.06. The third kappa shape index (κ3) is 4.96. The number of hydrogen-bond acceptors (Lipinski definition) is 3. The molecular weight excluding hydrogens is 248 g/mol. The molecule has 0 atom stereocenters. The smallest absolute Gasteiger partial charge is 0.0527 e. The summed E-state index contributed by atoms with van der Waals surface area (Å²) in [5.74, 6) is 0. The second kappa shape index (κ2) is 7.12. The van der Waals surface area contributed by atoms with Gasteiger partial charge in [0.15, 0.2) is 0 Å². The van der Waals surface area contributed by atoms with Crippen molar-refractivity contribution in [2.45, 2.75) is 40.3 Å². The van der Waals surface area contributed by atoms with Gasteiger partial charge in [0.1, 0.15) is 0 Å². The van der Waals surface area contributed by atoms with Crippen LogP contribution in [0.4, 0.5) is 0 Å². The third-order valence-corrected chi connectivity index (χ3v) is 2.92. The fourth-order valence-electron chi connectivity index (χ4n) is 2.06. The predicted octanol–water partition coefficient (Wildman–Crippen LogP) is 2.30. The highest BCUT2D eigenvalue weighted by Crippen LogP contribution is 2.16. The van der Waals surface area contributed by atoms with Gasteiger partial charge in [-0.3, -0.25) is 9.58 Å². The van der Waals surface area contributed by atoms with Crippen LogP contribution in [0.15, 0.2) is 12.3 Å². The molecule has 0 fully saturated rings. The summed E-state index contributed by atoms with van der Waals surface area (Å²) in [4.78, 5) is 2.31. The Hall–Kier alpha value is -0.580. The first kappa shape index (κ1) is 17.4. The molecule has 0 spiro atoms. The highest BCUT2D eigenvalue weighted by atomic mass is 35.5. The van der Waals surface area contributed by atoms with E-state index in [1.165, 1.54) is 5.69 Å². The van der Waals surface area contributed by atoms with Gasteiger partial charge in [0.05, 0.1) is 5.69 Å². The molecule has 1 rings (SSSR count). The van der Waals surface area contributed by atoms with Crippen molar-refractivity contribution in [1.29, 1.82) is 0 Å². The molecule has 0 saturated carbocycles. The van der Waals surface area contributed by atoms with Crippen LogP contribution in [-0.2, 0) is 6.54 Å². The van der Waals surface area contributed by atoms with Crippen LogP contribution >= 0.6 is 12.4 Å². The van der Waals surface area contributed by atoms with E-state index in [2.05, 4.69) is 55.5 Å². The zero-order valence-electron chi connectivity index (χ0n) is 12.2. The van der Waals surface area contributed by atoms with Gasteiger partial charge in [0.2, 0.25) is 0 Å². The highest BCUT2D eigenvalue weighted by Gasteiger charge is 2.19. The lowest BCUT2D eigenvalue weighted by atomic mass is 9.93. The van der Waals surface area contributed by atoms with Crippen molar-refractivity contribution in [3.8, 4) is 0 Å². The Morgan fingerprint density at radius 2 is 2.06 bits per heavy atom. The van der Waals surface area contributed by atoms with Crippen molar-refractivity contribution in [3.05, 3.63) is 18.0 Å². The van der Waals surface area contributed by atoms with E-state index in [0.717, 1.165) is 13.1 Å². The molecule has 1 aromatic heterocycles. The Morgan fingerprint density at radius 3 is 2.56 bits per heavy atom. The zero-order chi connectivity index (χ0) is 13.1. The Balaban J connectivity index is 0.00000289. The third-order valence-electron chi connectivity index (χ3n) is 2.92. The van der Waals surface area contributed by atoms with E-state index < -0.39 is 0 Å². The van der Waals surface area contributed by atoms with Gasteiger partial charge in [-0.15, -0.1) is 12.4 Å². The standard InChI is InChI=1S/C13H26N4.ClH/c1-11(2)17-12(6-7-15-17)8-16(5)10-13(3,4)9-14;/h6-7,11H,8-10,14H2,1-5H3;1H. The molecule has 4 nitrogen and oxygen atoms in total. The normalized spacial score (nSPS) is 12.0. The summed E-state index contributed by atoms with van der Waals surface area (Å²) in [6.07, 6.45) is 1.87. The van der Waals surface area contributed by atoms with E-state index in [4.69, 9.17) is 5.73 Å². The molecule has 5 heteroatoms. The number of hydrogen-bond donors (Lipinski definition) is 1. The second-order valence-corrected chi connectivity index (χ2v) is 5.90. The van der Waals surface area contributed by atoms with Gasteiger partial charge in [-0.1, -0.05) is 13.8 Å². The predicted molar refractivity (Wildman–Crippen MR) is 79.0 cm³/mol. The minimum atomic E-state index is 0. The van der Waals surface area contributed by atoms with Gasteiger partial charge in [0.25, 0.3) is 0 Å². The number of halogens is 1. The molecule has 0 aliphatic carbocycles. The lowest BCUT2D eigenvalue weighted by Crippen LogP contribution is -2.36. The van der Waals surface area contributed by atoms with Crippen LogP contribution in [0.5, 0.6) is 0 Å². The highest BCUT2D eigenvalue weighted by molar-refractivity contribution is 5.85. The number of nitrogens with zero attached hydrogens (tertiary/aromatic N) is 3. The van der Waals surface area contributed by atoms with Crippen molar-refractivity contribution in [2.24, 2.45) is 11.1 Å². The molecule has 0 bridgehead atoms. The van der Waals surface area contributed by atoms with Crippen molar-refractivity contribution in [1.82, 2.24) is 14.7 Å². The van der Waals surface area contributed by atoms with Crippen molar-refractivity contribution in [3.63, 3.8) is 0 Å². The van der Waals surface area contributed by atoms with E-state index >= 15 is 0 Å². The van der Waals surface area contributed by atoms with Crippen molar-refractivity contribution in [2.75, 3.05) is 20.1 Å². The lowest BCUT2D eigenvalue weighted by molar-refractivity contribution is 0.204. The maximum atomic E-state index is 5.76. The average molecular weight is 275 g/mol. The Labute approximate surface area is 117 Å². The zero-order valence-corrected chi connectivity index (χ0v) is 13.0. The molecule has 0 unspecified atom stereocenters. The van der Waals surface area contributed by atoms with Gasteiger partial charge < -0.3 is 5.73 Å². The van der Waals surface area contributed by atoms with Crippen LogP contribution in [0.25, 0.3) is 0 Å². The average Bonchev–Trinajstić information content (AvgIpc) is 2.65. The Morgan fingerprint density at radius 1 is 1.44 bits per heavy atom. The van der Waals surface area contributed by atoms with E-state index in [1.54, 1.807) is 0 Å². The molecule has 18 heavy (non-hydrogen) atoms. The lowest BCUT2D eigenvalue weighted by Gasteiger charge is -2.29. The maximum Gasteiger partial charge on any atom is 0.0527 e. The topological polar surface area (TPSA) is 47.1 Å². The summed E-state index contributed by atoms with van der Waals surface area (Å²) in [5, 5.41) is 4.35. The van der Waals surface area contributed by atoms with Gasteiger partial charge in [0, 0.05) is 25.3 Å². The Kier molecular flexibility index (Phi) is 6.89. The number of nitrogens with two attached hydrogens (primary N) is 1. The second-order valence-electron chi connectivity index (χ2n) is 5.90. The molecule has 2 N–H and O–H groups in total. The van der Waals surface area contributed by atoms with Crippen LogP contribution in [0, 0.1) is 5.41 Å². The number of rotatable bonds is 6. The first-order chi connectivity index (χ1) is 7.85. The summed E-state index contributed by atoms with van der Waals surface area (Å²) < 4.78 is 2.08. The molecule has 1 aromatic rings. The summed E-state index contributed by atoms with van der Waals surface area (Å²) in [5.41, 5.74) is 7.19. The van der Waals surface area contributed by atoms with E-state index in [1.807, 2.05) is 6.20 Å². The fraction of sp³-hybridized carbons (Fsp3) is 0.769. The molecule has 0 saturated heterocycles. The van der Waals surface area contributed by atoms with E-state index in [0.29, 0.717) is 12.6 Å². The van der Waals surface area contributed by atoms with E-state index in [9.17, 15) is 0 Å². The number of aromatic nitrogens is 2. The quantitative estimate of drug-likeness (QED) is 0.866. The SMILES string of the molecule is CC(C)n1nccc1CN(C)CC(C)(C)CN.Cl. The minimum absolute atomic E-state index is 0. The summed E-state index contributed by atoms with van der Waals surface area (Å²) >= 11 is 0. The molecule has 0 radical (unpaired) electrons. The van der Waals surface area contributed by atoms with Gasteiger partial charge >= 0.3 is 0 Å². The molecule has 0 aliphatic rings. The molecule has 1 heterocycles. The molecule has 106 valence electrons. The Bertz CT molecular complexity index is 347. The van der Waals surface area contributed by atoms with Crippen molar-refractivity contribution < 1.29 is 0 Å². The summed E-state index contributed by atoms with van der Waals surface area (Å²) in [7, 11) is 2.13. The molecule has 0 amide bonds. The van der Waals surface area contributed by atoms with Gasteiger partial charge in [-0.05, 0) is 38.9 Å². The largest absolute Gasteiger partial charge is 0.330 e. The van der Waals surface area contributed by atoms with Crippen molar-refractivity contribution >= 4 is 12.4 Å². The van der Waals surface area contributed by atoms with Crippen LogP contribution in [0.1, 0.15) is 39.4 Å². The molecule has 0 aromatic carbocycles. The van der Waals surface area contributed by atoms with Crippen LogP contribution in [0.3, 0.4) is 0 Å². The van der Waals surface area contributed by atoms with Crippen LogP contribution in [-0.4, -0.2) is 34.8 Å². The first-order valence-electron chi connectivity index (χ1n) is 6.27. The first-order valence-corrected chi connectivity index (χ1v) is 6.27. The van der Waals surface area contributed by atoms with Gasteiger partial charge in [-0.2, -0.15) is 5.10 Å².